The van der Waals surface area contributed by atoms with Crippen LogP contribution in [0.3, 0.4) is 0 Å². The number of rotatable bonds is 15. The predicted octanol–water partition coefficient (Wildman–Crippen LogP) is 2.82. The molecule has 0 spiro atoms. The summed E-state index contributed by atoms with van der Waals surface area (Å²) in [6.07, 6.45) is -22.2. The van der Waals surface area contributed by atoms with Crippen molar-refractivity contribution in [2.45, 2.75) is 294 Å². The lowest BCUT2D eigenvalue weighted by atomic mass is 9.95. The zero-order valence-electron chi connectivity index (χ0n) is 46.3. The first-order chi connectivity index (χ1) is 36.6. The monoisotopic (exact) mass is 1110 g/mol. The van der Waals surface area contributed by atoms with E-state index < -0.39 is 165 Å². The number of unbranched alkanes of at least 4 members (excludes halogenated alkanes) is 2. The standard InChI is InChI=1S/C54H90O23/c1-10-13-19-23-33-24-20-17-15-14-16-18-21-25-36(57)72-47-44(75-51-42(63)41(62)43(31(8)68-51)74-49(64)27(4)12-3)32(9)69-54(48(47)73-35(56)22-11-2)77-46-40(61)38(59)34(26-66-50(65)28(5)29(6)55)71-53(46)76-45-39(60)37(58)30(7)67-52(45)70-33/h12,28-34,37-48,51-55,58-63H,10-11,13-26H2,1-9H3/b27-12+/t28-,29+,30-,31-,32+,33+,34-,37-,38-,39+,40+,41-,42-,43-,44+,45-,46-,47-,48+,51+,52+,53+,54+/m1/s1. The predicted molar refractivity (Wildman–Crippen MR) is 269 cm³/mol. The van der Waals surface area contributed by atoms with Gasteiger partial charge in [0.2, 0.25) is 0 Å². The Labute approximate surface area is 452 Å². The highest BCUT2D eigenvalue weighted by molar-refractivity contribution is 5.87. The number of allylic oxidation sites excluding steroid dienone is 1. The summed E-state index contributed by atoms with van der Waals surface area (Å²) < 4.78 is 74.2. The number of hydrogen-bond acceptors (Lipinski definition) is 23. The highest BCUT2D eigenvalue weighted by atomic mass is 16.8. The number of fused-ring (bicyclic) bond motifs is 4. The molecule has 23 atom stereocenters. The first kappa shape index (κ1) is 64.8. The lowest BCUT2D eigenvalue weighted by Gasteiger charge is -2.50. The van der Waals surface area contributed by atoms with Crippen LogP contribution in [0.1, 0.15) is 159 Å². The van der Waals surface area contributed by atoms with E-state index in [0.29, 0.717) is 32.1 Å². The quantitative estimate of drug-likeness (QED) is 0.0537. The van der Waals surface area contributed by atoms with Crippen molar-refractivity contribution >= 4 is 23.9 Å². The topological polar surface area (TPSA) is 321 Å². The Morgan fingerprint density at radius 2 is 1.26 bits per heavy atom. The molecule has 444 valence electrons. The molecule has 0 aliphatic carbocycles. The van der Waals surface area contributed by atoms with Crippen molar-refractivity contribution in [2.75, 3.05) is 6.61 Å². The highest BCUT2D eigenvalue weighted by Gasteiger charge is 2.58. The molecule has 23 heteroatoms. The molecule has 5 aliphatic rings. The molecule has 0 aromatic carbocycles. The van der Waals surface area contributed by atoms with Crippen molar-refractivity contribution in [1.82, 2.24) is 0 Å². The zero-order chi connectivity index (χ0) is 56.7. The van der Waals surface area contributed by atoms with Gasteiger partial charge in [-0.3, -0.25) is 14.4 Å². The number of aliphatic hydroxyl groups is 7. The fourth-order valence-electron chi connectivity index (χ4n) is 9.90. The zero-order valence-corrected chi connectivity index (χ0v) is 46.3. The molecule has 0 aromatic heterocycles. The Balaban J connectivity index is 1.57. The van der Waals surface area contributed by atoms with Crippen LogP contribution in [0.25, 0.3) is 0 Å². The van der Waals surface area contributed by atoms with Gasteiger partial charge in [-0.1, -0.05) is 77.7 Å². The number of ether oxygens (including phenoxy) is 12. The van der Waals surface area contributed by atoms with E-state index >= 15 is 0 Å². The van der Waals surface area contributed by atoms with E-state index in [1.165, 1.54) is 40.7 Å². The largest absolute Gasteiger partial charge is 0.463 e. The molecule has 5 saturated heterocycles. The van der Waals surface area contributed by atoms with E-state index in [1.807, 2.05) is 0 Å². The van der Waals surface area contributed by atoms with Gasteiger partial charge in [0.15, 0.2) is 43.5 Å². The molecule has 2 bridgehead atoms. The molecule has 0 unspecified atom stereocenters. The molecule has 5 aliphatic heterocycles. The number of carbonyl (C=O) groups excluding carboxylic acids is 4. The maximum Gasteiger partial charge on any atom is 0.333 e. The second-order valence-corrected chi connectivity index (χ2v) is 21.3. The molecule has 5 rings (SSSR count). The summed E-state index contributed by atoms with van der Waals surface area (Å²) in [7, 11) is 0. The van der Waals surface area contributed by atoms with Crippen molar-refractivity contribution in [3.8, 4) is 0 Å². The third-order valence-electron chi connectivity index (χ3n) is 15.1. The van der Waals surface area contributed by atoms with Gasteiger partial charge in [-0.15, -0.1) is 0 Å². The fraction of sp³-hybridized carbons (Fsp3) is 0.889. The van der Waals surface area contributed by atoms with Crippen molar-refractivity contribution in [3.63, 3.8) is 0 Å². The minimum atomic E-state index is -2.02. The van der Waals surface area contributed by atoms with Gasteiger partial charge in [0.1, 0.15) is 67.6 Å². The van der Waals surface area contributed by atoms with E-state index in [1.54, 1.807) is 20.8 Å². The molecule has 0 aromatic rings. The van der Waals surface area contributed by atoms with Crippen molar-refractivity contribution in [2.24, 2.45) is 5.92 Å². The van der Waals surface area contributed by atoms with E-state index in [0.717, 1.165) is 51.4 Å². The van der Waals surface area contributed by atoms with Crippen LogP contribution in [-0.4, -0.2) is 201 Å². The Bertz CT molecular complexity index is 1850. The van der Waals surface area contributed by atoms with Crippen LogP contribution in [0.2, 0.25) is 0 Å². The molecule has 0 amide bonds. The highest BCUT2D eigenvalue weighted by Crippen LogP contribution is 2.38. The number of esters is 4. The number of aliphatic hydroxyl groups excluding tert-OH is 7. The molecular formula is C54H90O23. The van der Waals surface area contributed by atoms with Gasteiger partial charge in [-0.2, -0.15) is 0 Å². The molecule has 77 heavy (non-hydrogen) atoms. The summed E-state index contributed by atoms with van der Waals surface area (Å²) in [5.41, 5.74) is 0.248. The summed E-state index contributed by atoms with van der Waals surface area (Å²) in [5.74, 6) is -4.11. The number of carbonyl (C=O) groups is 4. The van der Waals surface area contributed by atoms with Gasteiger partial charge in [0.25, 0.3) is 0 Å². The van der Waals surface area contributed by atoms with Gasteiger partial charge < -0.3 is 92.6 Å². The van der Waals surface area contributed by atoms with Crippen molar-refractivity contribution in [1.29, 1.82) is 0 Å². The molecule has 0 saturated carbocycles. The first-order valence-corrected chi connectivity index (χ1v) is 28.0. The van der Waals surface area contributed by atoms with Gasteiger partial charge in [-0.05, 0) is 74.1 Å². The van der Waals surface area contributed by atoms with Crippen LogP contribution in [0.5, 0.6) is 0 Å². The van der Waals surface area contributed by atoms with Crippen LogP contribution >= 0.6 is 0 Å². The minimum absolute atomic E-state index is 0.0655. The Morgan fingerprint density at radius 1 is 0.649 bits per heavy atom. The Morgan fingerprint density at radius 3 is 1.91 bits per heavy atom. The minimum Gasteiger partial charge on any atom is -0.463 e. The van der Waals surface area contributed by atoms with Crippen LogP contribution in [0, 0.1) is 5.92 Å². The third kappa shape index (κ3) is 17.8. The van der Waals surface area contributed by atoms with E-state index in [4.69, 9.17) is 56.8 Å². The maximum absolute atomic E-state index is 14.0. The lowest BCUT2D eigenvalue weighted by Crippen LogP contribution is -2.68. The Hall–Kier alpha value is -2.98. The van der Waals surface area contributed by atoms with E-state index in [2.05, 4.69) is 6.92 Å². The molecule has 23 nitrogen and oxygen atoms in total. The van der Waals surface area contributed by atoms with Gasteiger partial charge in [0.05, 0.1) is 36.4 Å². The van der Waals surface area contributed by atoms with Gasteiger partial charge in [-0.25, -0.2) is 4.79 Å². The van der Waals surface area contributed by atoms with Crippen molar-refractivity contribution < 1.29 is 112 Å². The Kier molecular flexibility index (Phi) is 26.3. The van der Waals surface area contributed by atoms with E-state index in [-0.39, 0.29) is 24.5 Å². The van der Waals surface area contributed by atoms with E-state index in [9.17, 15) is 54.9 Å². The summed E-state index contributed by atoms with van der Waals surface area (Å²) >= 11 is 0. The fourth-order valence-corrected chi connectivity index (χ4v) is 9.90. The second kappa shape index (κ2) is 31.3. The van der Waals surface area contributed by atoms with Gasteiger partial charge >= 0.3 is 23.9 Å². The van der Waals surface area contributed by atoms with Crippen LogP contribution < -0.4 is 0 Å². The molecule has 7 N–H and O–H groups in total. The van der Waals surface area contributed by atoms with Crippen LogP contribution in [0.4, 0.5) is 0 Å². The average molecular weight is 1110 g/mol. The van der Waals surface area contributed by atoms with Crippen LogP contribution in [0.15, 0.2) is 11.6 Å². The summed E-state index contributed by atoms with van der Waals surface area (Å²) in [4.78, 5) is 53.4. The molecule has 0 radical (unpaired) electrons. The first-order valence-electron chi connectivity index (χ1n) is 28.0. The molecule has 5 fully saturated rings. The third-order valence-corrected chi connectivity index (χ3v) is 15.1. The molecular weight excluding hydrogens is 1020 g/mol. The SMILES string of the molecule is C/C=C(\C)C(=O)O[C@H]1[C@H](O)[C@@H](O)[C@H](O[C@@H]2[C@H]3OC(=O)CCCCCCCCC[C@H](CCCCC)O[C@@H]4O[C@H](C)[C@@H](O)[C@H](O)[C@H]4O[C@@H]4O[C@H](COC(=O)[C@H](C)[C@H](C)O)[C@@H](O)[C@H](O)[C@H]4O[C@H](O[C@H]2C)[C@H]3OC(=O)CCC)O[C@@H]1C. The maximum atomic E-state index is 14.0. The summed E-state index contributed by atoms with van der Waals surface area (Å²) in [6.45, 7) is 13.7. The smallest absolute Gasteiger partial charge is 0.333 e. The molecule has 5 heterocycles. The number of hydrogen-bond donors (Lipinski definition) is 7. The summed E-state index contributed by atoms with van der Waals surface area (Å²) in [6, 6.07) is 0. The van der Waals surface area contributed by atoms with Gasteiger partial charge in [0, 0.05) is 18.4 Å². The van der Waals surface area contributed by atoms with Crippen molar-refractivity contribution in [3.05, 3.63) is 11.6 Å². The average Bonchev–Trinajstić information content (AvgIpc) is 3.39. The normalized spacial score (nSPS) is 40.2. The van der Waals surface area contributed by atoms with Crippen LogP contribution in [-0.2, 0) is 76.0 Å². The second-order valence-electron chi connectivity index (χ2n) is 21.3. The lowest BCUT2D eigenvalue weighted by molar-refractivity contribution is -0.399. The summed E-state index contributed by atoms with van der Waals surface area (Å²) in [5, 5.41) is 79.8.